The van der Waals surface area contributed by atoms with E-state index in [1.165, 1.54) is 0 Å². The van der Waals surface area contributed by atoms with Crippen LogP contribution in [0.4, 0.5) is 5.69 Å². The minimum atomic E-state index is 0.176. The number of aromatic nitrogens is 1. The van der Waals surface area contributed by atoms with Crippen molar-refractivity contribution in [2.24, 2.45) is 0 Å². The molecule has 4 heteroatoms. The van der Waals surface area contributed by atoms with Crippen molar-refractivity contribution in [2.45, 2.75) is 11.8 Å². The summed E-state index contributed by atoms with van der Waals surface area (Å²) in [5.41, 5.74) is 8.45. The third-order valence-electron chi connectivity index (χ3n) is 2.27. The monoisotopic (exact) mass is 234 g/mol. The maximum absolute atomic E-state index is 8.86. The van der Waals surface area contributed by atoms with E-state index in [0.717, 1.165) is 27.2 Å². The van der Waals surface area contributed by atoms with Crippen LogP contribution >= 0.6 is 11.8 Å². The predicted molar refractivity (Wildman–Crippen MR) is 68.7 cm³/mol. The average Bonchev–Trinajstić information content (AvgIpc) is 2.26. The van der Waals surface area contributed by atoms with E-state index in [9.17, 15) is 0 Å². The second-order valence-corrected chi connectivity index (χ2v) is 4.75. The third kappa shape index (κ3) is 2.28. The van der Waals surface area contributed by atoms with Gasteiger partial charge in [0.1, 0.15) is 0 Å². The number of thioether (sulfide) groups is 1. The molecule has 0 spiro atoms. The molecule has 2 rings (SSSR count). The van der Waals surface area contributed by atoms with E-state index in [-0.39, 0.29) is 6.61 Å². The smallest absolute Gasteiger partial charge is 0.0717 e. The van der Waals surface area contributed by atoms with Gasteiger partial charge in [-0.2, -0.15) is 0 Å². The molecule has 0 bridgehead atoms. The lowest BCUT2D eigenvalue weighted by molar-refractivity contribution is 0.322. The number of fused-ring (bicyclic) bond motifs is 1. The zero-order valence-electron chi connectivity index (χ0n) is 9.10. The largest absolute Gasteiger partial charge is 0.399 e. The Morgan fingerprint density at radius 2 is 2.19 bits per heavy atom. The van der Waals surface area contributed by atoms with Gasteiger partial charge in [0.15, 0.2) is 0 Å². The highest BCUT2D eigenvalue weighted by Gasteiger charge is 2.04. The number of nitrogens with zero attached hydrogens (tertiary/aromatic N) is 1. The number of hydrogen-bond acceptors (Lipinski definition) is 4. The van der Waals surface area contributed by atoms with Gasteiger partial charge in [-0.15, -0.1) is 11.8 Å². The Hall–Kier alpha value is -1.26. The zero-order valence-corrected chi connectivity index (χ0v) is 9.92. The minimum absolute atomic E-state index is 0.176. The van der Waals surface area contributed by atoms with E-state index in [4.69, 9.17) is 10.8 Å². The van der Waals surface area contributed by atoms with E-state index in [1.54, 1.807) is 11.8 Å². The van der Waals surface area contributed by atoms with Crippen LogP contribution in [0.1, 0.15) is 5.69 Å². The normalized spacial score (nSPS) is 10.9. The molecule has 0 radical (unpaired) electrons. The summed E-state index contributed by atoms with van der Waals surface area (Å²) in [6, 6.07) is 7.75. The van der Waals surface area contributed by atoms with Crippen LogP contribution in [0.25, 0.3) is 10.9 Å². The number of pyridine rings is 1. The molecule has 3 N–H and O–H groups in total. The number of nitrogen functional groups attached to an aromatic ring is 1. The topological polar surface area (TPSA) is 59.1 Å². The number of nitrogens with two attached hydrogens (primary N) is 1. The van der Waals surface area contributed by atoms with Crippen molar-refractivity contribution in [3.63, 3.8) is 0 Å². The lowest BCUT2D eigenvalue weighted by Gasteiger charge is -2.07. The fourth-order valence-electron chi connectivity index (χ4n) is 1.61. The van der Waals surface area contributed by atoms with E-state index in [1.807, 2.05) is 31.2 Å². The first-order chi connectivity index (χ1) is 7.70. The maximum atomic E-state index is 8.86. The van der Waals surface area contributed by atoms with Gasteiger partial charge in [0.25, 0.3) is 0 Å². The Bertz CT molecular complexity index is 514. The molecule has 0 atom stereocenters. The second kappa shape index (κ2) is 4.72. The van der Waals surface area contributed by atoms with Gasteiger partial charge in [-0.1, -0.05) is 0 Å². The summed E-state index contributed by atoms with van der Waals surface area (Å²) in [6.07, 6.45) is 0. The summed E-state index contributed by atoms with van der Waals surface area (Å²) in [7, 11) is 0. The fourth-order valence-corrected chi connectivity index (χ4v) is 2.50. The van der Waals surface area contributed by atoms with Crippen molar-refractivity contribution < 1.29 is 5.11 Å². The molecule has 0 aliphatic heterocycles. The SMILES string of the molecule is Cc1cc(SCCO)c2cc(N)ccc2n1. The Labute approximate surface area is 98.7 Å². The molecule has 0 fully saturated rings. The van der Waals surface area contributed by atoms with Crippen LogP contribution in [-0.2, 0) is 0 Å². The number of aliphatic hydroxyl groups is 1. The number of anilines is 1. The summed E-state index contributed by atoms with van der Waals surface area (Å²) in [4.78, 5) is 5.58. The van der Waals surface area contributed by atoms with Crippen LogP contribution in [0.3, 0.4) is 0 Å². The summed E-state index contributed by atoms with van der Waals surface area (Å²) in [5.74, 6) is 0.688. The molecule has 0 saturated carbocycles. The van der Waals surface area contributed by atoms with Crippen molar-refractivity contribution in [1.29, 1.82) is 0 Å². The Morgan fingerprint density at radius 1 is 1.38 bits per heavy atom. The Morgan fingerprint density at radius 3 is 2.94 bits per heavy atom. The van der Waals surface area contributed by atoms with Gasteiger partial charge in [0, 0.05) is 27.4 Å². The molecule has 0 aliphatic carbocycles. The molecule has 84 valence electrons. The molecular weight excluding hydrogens is 220 g/mol. The molecule has 1 heterocycles. The van der Waals surface area contributed by atoms with E-state index in [2.05, 4.69) is 4.98 Å². The number of hydrogen-bond donors (Lipinski definition) is 2. The highest BCUT2D eigenvalue weighted by atomic mass is 32.2. The van der Waals surface area contributed by atoms with Crippen molar-refractivity contribution in [1.82, 2.24) is 4.98 Å². The number of benzene rings is 1. The van der Waals surface area contributed by atoms with Gasteiger partial charge in [-0.3, -0.25) is 4.98 Å². The average molecular weight is 234 g/mol. The number of aliphatic hydroxyl groups excluding tert-OH is 1. The van der Waals surface area contributed by atoms with Crippen molar-refractivity contribution in [3.8, 4) is 0 Å². The van der Waals surface area contributed by atoms with Crippen LogP contribution in [0.15, 0.2) is 29.2 Å². The van der Waals surface area contributed by atoms with Crippen molar-refractivity contribution in [2.75, 3.05) is 18.1 Å². The van der Waals surface area contributed by atoms with Gasteiger partial charge >= 0.3 is 0 Å². The summed E-state index contributed by atoms with van der Waals surface area (Å²) >= 11 is 1.63. The predicted octanol–water partition coefficient (Wildman–Crippen LogP) is 2.21. The molecule has 16 heavy (non-hydrogen) atoms. The van der Waals surface area contributed by atoms with Gasteiger partial charge in [-0.05, 0) is 31.2 Å². The molecule has 3 nitrogen and oxygen atoms in total. The molecule has 0 saturated heterocycles. The summed E-state index contributed by atoms with van der Waals surface area (Å²) in [6.45, 7) is 2.15. The zero-order chi connectivity index (χ0) is 11.5. The van der Waals surface area contributed by atoms with Crippen LogP contribution < -0.4 is 5.73 Å². The molecule has 1 aromatic carbocycles. The van der Waals surface area contributed by atoms with Crippen LogP contribution in [0.2, 0.25) is 0 Å². The van der Waals surface area contributed by atoms with Crippen molar-refractivity contribution >= 4 is 28.4 Å². The lowest BCUT2D eigenvalue weighted by Crippen LogP contribution is -1.92. The first-order valence-electron chi connectivity index (χ1n) is 5.11. The van der Waals surface area contributed by atoms with E-state index in [0.29, 0.717) is 5.75 Å². The number of aryl methyl sites for hydroxylation is 1. The quantitative estimate of drug-likeness (QED) is 0.631. The minimum Gasteiger partial charge on any atom is -0.399 e. The highest BCUT2D eigenvalue weighted by Crippen LogP contribution is 2.28. The first-order valence-corrected chi connectivity index (χ1v) is 6.10. The van der Waals surface area contributed by atoms with Crippen LogP contribution in [0, 0.1) is 6.92 Å². The number of rotatable bonds is 3. The van der Waals surface area contributed by atoms with Gasteiger partial charge in [-0.25, -0.2) is 0 Å². The molecule has 0 unspecified atom stereocenters. The lowest BCUT2D eigenvalue weighted by atomic mass is 10.2. The van der Waals surface area contributed by atoms with E-state index >= 15 is 0 Å². The Kier molecular flexibility index (Phi) is 3.31. The Balaban J connectivity index is 2.55. The van der Waals surface area contributed by atoms with Gasteiger partial charge in [0.2, 0.25) is 0 Å². The fraction of sp³-hybridized carbons (Fsp3) is 0.250. The first kappa shape index (κ1) is 11.2. The molecule has 0 aliphatic rings. The second-order valence-electron chi connectivity index (χ2n) is 3.61. The van der Waals surface area contributed by atoms with Crippen LogP contribution in [-0.4, -0.2) is 22.5 Å². The van der Waals surface area contributed by atoms with E-state index < -0.39 is 0 Å². The summed E-state index contributed by atoms with van der Waals surface area (Å²) < 4.78 is 0. The highest BCUT2D eigenvalue weighted by molar-refractivity contribution is 7.99. The summed E-state index contributed by atoms with van der Waals surface area (Å²) in [5, 5.41) is 9.92. The van der Waals surface area contributed by atoms with Gasteiger partial charge in [0.05, 0.1) is 12.1 Å². The van der Waals surface area contributed by atoms with Crippen LogP contribution in [0.5, 0.6) is 0 Å². The molecule has 1 aromatic heterocycles. The third-order valence-corrected chi connectivity index (χ3v) is 3.31. The van der Waals surface area contributed by atoms with Gasteiger partial charge < -0.3 is 10.8 Å². The molecule has 0 amide bonds. The maximum Gasteiger partial charge on any atom is 0.0717 e. The molecular formula is C12H14N2OS. The standard InChI is InChI=1S/C12H14N2OS/c1-8-6-12(16-5-4-15)10-7-9(13)2-3-11(10)14-8/h2-3,6-7,15H,4-5,13H2,1H3. The van der Waals surface area contributed by atoms with Crippen molar-refractivity contribution in [3.05, 3.63) is 30.0 Å². The molecule has 2 aromatic rings.